The Morgan fingerprint density at radius 1 is 1.26 bits per heavy atom. The van der Waals surface area contributed by atoms with Gasteiger partial charge in [-0.1, -0.05) is 27.3 Å². The quantitative estimate of drug-likeness (QED) is 0.491. The Balaban J connectivity index is 1.64. The highest BCUT2D eigenvalue weighted by Crippen LogP contribution is 2.32. The molecule has 0 spiro atoms. The van der Waals surface area contributed by atoms with Gasteiger partial charge >= 0.3 is 5.97 Å². The summed E-state index contributed by atoms with van der Waals surface area (Å²) in [6.07, 6.45) is 0. The van der Waals surface area contributed by atoms with Gasteiger partial charge in [-0.3, -0.25) is 10.1 Å². The lowest BCUT2D eigenvalue weighted by molar-refractivity contribution is -0.119. The molecular weight excluding hydrogens is 504 g/mol. The molecule has 2 N–H and O–H groups in total. The van der Waals surface area contributed by atoms with Crippen molar-refractivity contribution in [3.8, 4) is 11.5 Å². The molecule has 3 rings (SSSR count). The number of nitrogens with zero attached hydrogens (tertiary/aromatic N) is 1. The Hall–Kier alpha value is -2.17. The van der Waals surface area contributed by atoms with E-state index >= 15 is 0 Å². The molecule has 0 bridgehead atoms. The molecule has 1 heterocycles. The van der Waals surface area contributed by atoms with Crippen molar-refractivity contribution in [3.63, 3.8) is 0 Å². The molecule has 7 nitrogen and oxygen atoms in total. The standard InChI is InChI=1S/C17H12Br2N2O5S/c1-25-9-2-3-12-13(6-9)27-17(20-12)21-14(22)7-26-16(24)10-4-8(18)5-11(19)15(10)23/h2-6,23H,7H2,1H3,(H,20,21,22). The van der Waals surface area contributed by atoms with Crippen LogP contribution in [0.5, 0.6) is 11.5 Å². The van der Waals surface area contributed by atoms with Crippen LogP contribution in [0, 0.1) is 0 Å². The predicted molar refractivity (Wildman–Crippen MR) is 109 cm³/mol. The zero-order valence-electron chi connectivity index (χ0n) is 13.8. The molecule has 0 saturated carbocycles. The summed E-state index contributed by atoms with van der Waals surface area (Å²) in [6.45, 7) is -0.512. The minimum Gasteiger partial charge on any atom is -0.506 e. The van der Waals surface area contributed by atoms with Crippen LogP contribution in [0.2, 0.25) is 0 Å². The maximum absolute atomic E-state index is 12.1. The first-order valence-electron chi connectivity index (χ1n) is 7.47. The molecule has 1 amide bonds. The van der Waals surface area contributed by atoms with Crippen LogP contribution < -0.4 is 10.1 Å². The summed E-state index contributed by atoms with van der Waals surface area (Å²) in [5, 5.41) is 12.9. The minimum absolute atomic E-state index is 0.0591. The third-order valence-electron chi connectivity index (χ3n) is 3.42. The van der Waals surface area contributed by atoms with Crippen molar-refractivity contribution < 1.29 is 24.2 Å². The number of esters is 1. The van der Waals surface area contributed by atoms with Gasteiger partial charge in [0.25, 0.3) is 5.91 Å². The van der Waals surface area contributed by atoms with Gasteiger partial charge in [-0.25, -0.2) is 9.78 Å². The van der Waals surface area contributed by atoms with Gasteiger partial charge in [-0.2, -0.15) is 0 Å². The molecule has 2 aromatic carbocycles. The number of hydrogen-bond acceptors (Lipinski definition) is 7. The number of phenolic OH excluding ortho intramolecular Hbond substituents is 1. The van der Waals surface area contributed by atoms with E-state index in [0.717, 1.165) is 10.2 Å². The van der Waals surface area contributed by atoms with Crippen LogP contribution in [0.25, 0.3) is 10.2 Å². The number of nitrogens with one attached hydrogen (secondary N) is 1. The van der Waals surface area contributed by atoms with Gasteiger partial charge in [-0.05, 0) is 46.3 Å². The van der Waals surface area contributed by atoms with Gasteiger partial charge in [0.15, 0.2) is 11.7 Å². The number of aromatic hydroxyl groups is 1. The SMILES string of the molecule is COc1ccc2nc(NC(=O)COC(=O)c3cc(Br)cc(Br)c3O)sc2c1. The maximum Gasteiger partial charge on any atom is 0.342 e. The van der Waals surface area contributed by atoms with Gasteiger partial charge in [0.2, 0.25) is 0 Å². The van der Waals surface area contributed by atoms with E-state index < -0.39 is 18.5 Å². The highest BCUT2D eigenvalue weighted by molar-refractivity contribution is 9.11. The Bertz CT molecular complexity index is 1040. The van der Waals surface area contributed by atoms with E-state index in [9.17, 15) is 14.7 Å². The lowest BCUT2D eigenvalue weighted by Crippen LogP contribution is -2.20. The van der Waals surface area contributed by atoms with Gasteiger partial charge in [-0.15, -0.1) is 0 Å². The number of anilines is 1. The molecular formula is C17H12Br2N2O5S. The number of halogens is 2. The highest BCUT2D eigenvalue weighted by atomic mass is 79.9. The number of ether oxygens (including phenoxy) is 2. The van der Waals surface area contributed by atoms with Crippen LogP contribution in [0.4, 0.5) is 5.13 Å². The van der Waals surface area contributed by atoms with Crippen LogP contribution in [0.3, 0.4) is 0 Å². The van der Waals surface area contributed by atoms with Gasteiger partial charge in [0.1, 0.15) is 17.1 Å². The summed E-state index contributed by atoms with van der Waals surface area (Å²) >= 11 is 7.63. The fourth-order valence-electron chi connectivity index (χ4n) is 2.17. The maximum atomic E-state index is 12.1. The number of carbonyl (C=O) groups excluding carboxylic acids is 2. The second kappa shape index (κ2) is 8.24. The average Bonchev–Trinajstić information content (AvgIpc) is 3.03. The second-order valence-corrected chi connectivity index (χ2v) is 8.06. The number of hydrogen-bond donors (Lipinski definition) is 2. The van der Waals surface area contributed by atoms with Crippen molar-refractivity contribution >= 4 is 70.4 Å². The summed E-state index contributed by atoms with van der Waals surface area (Å²) in [5.74, 6) is -0.928. The summed E-state index contributed by atoms with van der Waals surface area (Å²) in [4.78, 5) is 28.4. The highest BCUT2D eigenvalue weighted by Gasteiger charge is 2.18. The Morgan fingerprint density at radius 3 is 2.78 bits per heavy atom. The van der Waals surface area contributed by atoms with Crippen molar-refractivity contribution in [2.45, 2.75) is 0 Å². The van der Waals surface area contributed by atoms with Crippen molar-refractivity contribution in [1.82, 2.24) is 4.98 Å². The van der Waals surface area contributed by atoms with E-state index in [1.54, 1.807) is 25.3 Å². The molecule has 0 aliphatic carbocycles. The van der Waals surface area contributed by atoms with E-state index in [1.165, 1.54) is 17.4 Å². The zero-order valence-corrected chi connectivity index (χ0v) is 17.8. The molecule has 0 saturated heterocycles. The molecule has 140 valence electrons. The monoisotopic (exact) mass is 514 g/mol. The molecule has 0 aliphatic rings. The Morgan fingerprint density at radius 2 is 2.04 bits per heavy atom. The van der Waals surface area contributed by atoms with Crippen molar-refractivity contribution in [2.75, 3.05) is 19.0 Å². The number of thiazole rings is 1. The Kier molecular flexibility index (Phi) is 5.98. The van der Waals surface area contributed by atoms with Gasteiger partial charge < -0.3 is 14.6 Å². The van der Waals surface area contributed by atoms with E-state index in [4.69, 9.17) is 9.47 Å². The van der Waals surface area contributed by atoms with E-state index in [0.29, 0.717) is 19.8 Å². The summed E-state index contributed by atoms with van der Waals surface area (Å²) in [7, 11) is 1.57. The molecule has 3 aromatic rings. The van der Waals surface area contributed by atoms with Crippen LogP contribution in [0.1, 0.15) is 10.4 Å². The number of amides is 1. The van der Waals surface area contributed by atoms with E-state index in [1.807, 2.05) is 6.07 Å². The van der Waals surface area contributed by atoms with Crippen LogP contribution in [-0.2, 0) is 9.53 Å². The summed E-state index contributed by atoms with van der Waals surface area (Å²) < 4.78 is 11.9. The van der Waals surface area contributed by atoms with Crippen molar-refractivity contribution in [3.05, 3.63) is 44.8 Å². The third kappa shape index (κ3) is 4.57. The molecule has 1 aromatic heterocycles. The fourth-order valence-corrected chi connectivity index (χ4v) is 4.31. The van der Waals surface area contributed by atoms with Gasteiger partial charge in [0.05, 0.1) is 21.8 Å². The number of fused-ring (bicyclic) bond motifs is 1. The minimum atomic E-state index is -0.821. The van der Waals surface area contributed by atoms with Crippen molar-refractivity contribution in [1.29, 1.82) is 0 Å². The van der Waals surface area contributed by atoms with Gasteiger partial charge in [0, 0.05) is 4.47 Å². The fraction of sp³-hybridized carbons (Fsp3) is 0.118. The smallest absolute Gasteiger partial charge is 0.342 e. The number of aromatic nitrogens is 1. The first-order valence-corrected chi connectivity index (χ1v) is 9.87. The average molecular weight is 516 g/mol. The number of phenols is 1. The first-order chi connectivity index (χ1) is 12.9. The lowest BCUT2D eigenvalue weighted by atomic mass is 10.2. The second-order valence-electron chi connectivity index (χ2n) is 5.26. The first kappa shape index (κ1) is 19.6. The van der Waals surface area contributed by atoms with Crippen molar-refractivity contribution in [2.24, 2.45) is 0 Å². The third-order valence-corrected chi connectivity index (χ3v) is 5.42. The van der Waals surface area contributed by atoms with E-state index in [-0.39, 0.29) is 11.3 Å². The van der Waals surface area contributed by atoms with Crippen LogP contribution in [-0.4, -0.2) is 35.7 Å². The zero-order chi connectivity index (χ0) is 19.6. The summed E-state index contributed by atoms with van der Waals surface area (Å²) in [5.41, 5.74) is 0.660. The molecule has 0 atom stereocenters. The van der Waals surface area contributed by atoms with Crippen LogP contribution in [0.15, 0.2) is 39.3 Å². The van der Waals surface area contributed by atoms with E-state index in [2.05, 4.69) is 42.2 Å². The Labute approximate surface area is 174 Å². The molecule has 27 heavy (non-hydrogen) atoms. The molecule has 0 unspecified atom stereocenters. The van der Waals surface area contributed by atoms with Crippen LogP contribution >= 0.6 is 43.2 Å². The topological polar surface area (TPSA) is 97.8 Å². The molecule has 10 heteroatoms. The lowest BCUT2D eigenvalue weighted by Gasteiger charge is -2.08. The summed E-state index contributed by atoms with van der Waals surface area (Å²) in [6, 6.07) is 8.37. The largest absolute Gasteiger partial charge is 0.506 e. The number of carbonyl (C=O) groups is 2. The number of rotatable bonds is 5. The molecule has 0 radical (unpaired) electrons. The molecule has 0 fully saturated rings. The molecule has 0 aliphatic heterocycles. The predicted octanol–water partition coefficient (Wildman–Crippen LogP) is 4.33. The normalized spacial score (nSPS) is 10.6. The number of methoxy groups -OCH3 is 1. The number of benzene rings is 2.